The average molecular weight is 461 g/mol. The highest BCUT2D eigenvalue weighted by molar-refractivity contribution is 6.29. The van der Waals surface area contributed by atoms with Gasteiger partial charge in [-0.3, -0.25) is 9.59 Å². The lowest BCUT2D eigenvalue weighted by Crippen LogP contribution is -2.25. The fourth-order valence-electron chi connectivity index (χ4n) is 3.16. The molecule has 2 N–H and O–H groups in total. The second kappa shape index (κ2) is 12.1. The van der Waals surface area contributed by atoms with E-state index in [1.165, 1.54) is 20.3 Å². The van der Waals surface area contributed by atoms with Gasteiger partial charge in [0.2, 0.25) is 0 Å². The second-order valence-electron chi connectivity index (χ2n) is 7.28. The summed E-state index contributed by atoms with van der Waals surface area (Å²) < 4.78 is 16.2. The Hall–Kier alpha value is -4.26. The molecule has 0 aliphatic carbocycles. The molecule has 7 nitrogen and oxygen atoms in total. The minimum Gasteiger partial charge on any atom is -0.495 e. The van der Waals surface area contributed by atoms with E-state index in [9.17, 15) is 9.59 Å². The van der Waals surface area contributed by atoms with Crippen molar-refractivity contribution in [1.29, 1.82) is 0 Å². The number of rotatable bonds is 10. The summed E-state index contributed by atoms with van der Waals surface area (Å²) in [5.74, 6) is 0.527. The predicted octanol–water partition coefficient (Wildman–Crippen LogP) is 5.15. The van der Waals surface area contributed by atoms with Crippen LogP contribution < -0.4 is 24.8 Å². The number of carbonyl (C=O) groups is 2. The molecule has 0 saturated carbocycles. The van der Waals surface area contributed by atoms with E-state index in [-0.39, 0.29) is 5.57 Å². The van der Waals surface area contributed by atoms with Crippen molar-refractivity contribution < 1.29 is 23.8 Å². The van der Waals surface area contributed by atoms with Crippen LogP contribution in [0.25, 0.3) is 6.08 Å². The molecule has 0 bridgehead atoms. The summed E-state index contributed by atoms with van der Waals surface area (Å²) >= 11 is 0. The van der Waals surface area contributed by atoms with Crippen LogP contribution in [0.2, 0.25) is 0 Å². The molecule has 0 radical (unpaired) electrons. The van der Waals surface area contributed by atoms with Gasteiger partial charge >= 0.3 is 0 Å². The molecule has 0 unspecified atom stereocenters. The number of para-hydroxylation sites is 4. The van der Waals surface area contributed by atoms with Crippen molar-refractivity contribution in [2.75, 3.05) is 31.5 Å². The van der Waals surface area contributed by atoms with Crippen LogP contribution in [0, 0.1) is 0 Å². The summed E-state index contributed by atoms with van der Waals surface area (Å²) in [5.41, 5.74) is 1.49. The van der Waals surface area contributed by atoms with Crippen LogP contribution >= 0.6 is 0 Å². The van der Waals surface area contributed by atoms with Gasteiger partial charge in [-0.2, -0.15) is 0 Å². The predicted molar refractivity (Wildman–Crippen MR) is 133 cm³/mol. The van der Waals surface area contributed by atoms with Crippen molar-refractivity contribution in [3.63, 3.8) is 0 Å². The highest BCUT2D eigenvalue weighted by atomic mass is 16.5. The van der Waals surface area contributed by atoms with Crippen LogP contribution in [0.1, 0.15) is 18.9 Å². The summed E-state index contributed by atoms with van der Waals surface area (Å²) in [5, 5.41) is 5.53. The lowest BCUT2D eigenvalue weighted by molar-refractivity contribution is -0.118. The minimum atomic E-state index is -0.580. The quantitative estimate of drug-likeness (QED) is 0.248. The van der Waals surface area contributed by atoms with Gasteiger partial charge in [0.1, 0.15) is 22.8 Å². The lowest BCUT2D eigenvalue weighted by Gasteiger charge is -2.14. The zero-order valence-electron chi connectivity index (χ0n) is 19.5. The van der Waals surface area contributed by atoms with E-state index in [0.29, 0.717) is 35.0 Å². The lowest BCUT2D eigenvalue weighted by atomic mass is 10.1. The third kappa shape index (κ3) is 6.38. The summed E-state index contributed by atoms with van der Waals surface area (Å²) in [6.45, 7) is 2.65. The summed E-state index contributed by atoms with van der Waals surface area (Å²) in [4.78, 5) is 26.5. The number of nitrogens with one attached hydrogen (secondary N) is 2. The van der Waals surface area contributed by atoms with E-state index >= 15 is 0 Å². The Kier molecular flexibility index (Phi) is 8.68. The van der Waals surface area contributed by atoms with E-state index in [2.05, 4.69) is 10.6 Å². The number of ether oxygens (including phenoxy) is 3. The molecule has 0 fully saturated rings. The zero-order valence-corrected chi connectivity index (χ0v) is 19.5. The summed E-state index contributed by atoms with van der Waals surface area (Å²) in [6, 6.07) is 21.2. The minimum absolute atomic E-state index is 0.0842. The van der Waals surface area contributed by atoms with Crippen LogP contribution in [0.15, 0.2) is 78.4 Å². The molecule has 34 heavy (non-hydrogen) atoms. The molecule has 0 aliphatic heterocycles. The number of methoxy groups -OCH3 is 2. The van der Waals surface area contributed by atoms with Crippen molar-refractivity contribution in [3.8, 4) is 17.2 Å². The van der Waals surface area contributed by atoms with Gasteiger partial charge in [0.05, 0.1) is 32.2 Å². The smallest absolute Gasteiger partial charge is 0.261 e. The molecule has 0 aromatic heterocycles. The van der Waals surface area contributed by atoms with Gasteiger partial charge in [-0.05, 0) is 54.5 Å². The molecular weight excluding hydrogens is 432 g/mol. The monoisotopic (exact) mass is 460 g/mol. The SMILES string of the molecule is CCCOc1ccc(C=C(C(=O)Nc2ccccc2OC)C(=O)Nc2ccccc2OC)cc1. The Labute approximate surface area is 199 Å². The second-order valence-corrected chi connectivity index (χ2v) is 7.28. The number of carbonyl (C=O) groups excluding carboxylic acids is 2. The van der Waals surface area contributed by atoms with E-state index in [0.717, 1.165) is 12.2 Å². The van der Waals surface area contributed by atoms with Gasteiger partial charge in [-0.15, -0.1) is 0 Å². The van der Waals surface area contributed by atoms with Gasteiger partial charge in [-0.1, -0.05) is 43.3 Å². The molecule has 0 atom stereocenters. The highest BCUT2D eigenvalue weighted by Crippen LogP contribution is 2.26. The van der Waals surface area contributed by atoms with E-state index in [4.69, 9.17) is 14.2 Å². The Morgan fingerprint density at radius 2 is 1.26 bits per heavy atom. The first-order chi connectivity index (χ1) is 16.5. The largest absolute Gasteiger partial charge is 0.495 e. The molecule has 0 spiro atoms. The summed E-state index contributed by atoms with van der Waals surface area (Å²) in [7, 11) is 3.02. The van der Waals surface area contributed by atoms with Gasteiger partial charge in [0.25, 0.3) is 11.8 Å². The first kappa shape index (κ1) is 24.4. The van der Waals surface area contributed by atoms with Crippen molar-refractivity contribution in [2.45, 2.75) is 13.3 Å². The Morgan fingerprint density at radius 3 is 1.74 bits per heavy atom. The maximum absolute atomic E-state index is 13.2. The molecule has 0 saturated heterocycles. The van der Waals surface area contributed by atoms with E-state index in [1.807, 2.05) is 6.92 Å². The van der Waals surface area contributed by atoms with Crippen molar-refractivity contribution in [2.24, 2.45) is 0 Å². The van der Waals surface area contributed by atoms with Gasteiger partial charge in [0, 0.05) is 0 Å². The Bertz CT molecular complexity index is 1090. The average Bonchev–Trinajstić information content (AvgIpc) is 2.87. The van der Waals surface area contributed by atoms with Crippen LogP contribution in [-0.2, 0) is 9.59 Å². The molecular formula is C27H28N2O5. The normalized spacial score (nSPS) is 10.1. The van der Waals surface area contributed by atoms with Crippen LogP contribution in [0.3, 0.4) is 0 Å². The maximum atomic E-state index is 13.2. The molecule has 3 aromatic carbocycles. The zero-order chi connectivity index (χ0) is 24.3. The van der Waals surface area contributed by atoms with Gasteiger partial charge in [0.15, 0.2) is 0 Å². The molecule has 0 heterocycles. The molecule has 7 heteroatoms. The fraction of sp³-hybridized carbons (Fsp3) is 0.185. The van der Waals surface area contributed by atoms with Crippen molar-refractivity contribution >= 4 is 29.3 Å². The number of hydrogen-bond donors (Lipinski definition) is 2. The van der Waals surface area contributed by atoms with E-state index in [1.54, 1.807) is 72.8 Å². The van der Waals surface area contributed by atoms with Crippen LogP contribution in [-0.4, -0.2) is 32.6 Å². The third-order valence-corrected chi connectivity index (χ3v) is 4.86. The van der Waals surface area contributed by atoms with Crippen LogP contribution in [0.5, 0.6) is 17.2 Å². The standard InChI is InChI=1S/C27H28N2O5/c1-4-17-34-20-15-13-19(14-16-20)18-21(26(30)28-22-9-5-7-11-24(22)32-2)27(31)29-23-10-6-8-12-25(23)33-3/h5-16,18H,4,17H2,1-3H3,(H,28,30)(H,29,31). The molecule has 2 amide bonds. The van der Waals surface area contributed by atoms with Crippen molar-refractivity contribution in [3.05, 3.63) is 83.9 Å². The fourth-order valence-corrected chi connectivity index (χ4v) is 3.16. The van der Waals surface area contributed by atoms with Crippen molar-refractivity contribution in [1.82, 2.24) is 0 Å². The Morgan fingerprint density at radius 1 is 0.765 bits per heavy atom. The van der Waals surface area contributed by atoms with E-state index < -0.39 is 11.8 Å². The first-order valence-corrected chi connectivity index (χ1v) is 10.9. The molecule has 3 aromatic rings. The molecule has 3 rings (SSSR count). The van der Waals surface area contributed by atoms with Crippen LogP contribution in [0.4, 0.5) is 11.4 Å². The molecule has 0 aliphatic rings. The number of anilines is 2. The number of benzene rings is 3. The van der Waals surface area contributed by atoms with Gasteiger partial charge < -0.3 is 24.8 Å². The topological polar surface area (TPSA) is 85.9 Å². The maximum Gasteiger partial charge on any atom is 0.261 e. The molecule has 176 valence electrons. The number of amides is 2. The first-order valence-electron chi connectivity index (χ1n) is 10.9. The number of hydrogen-bond acceptors (Lipinski definition) is 5. The third-order valence-electron chi connectivity index (χ3n) is 4.86. The summed E-state index contributed by atoms with van der Waals surface area (Å²) in [6.07, 6.45) is 2.43. The highest BCUT2D eigenvalue weighted by Gasteiger charge is 2.21. The Balaban J connectivity index is 1.92. The van der Waals surface area contributed by atoms with Gasteiger partial charge in [-0.25, -0.2) is 0 Å².